The Hall–Kier alpha value is -4.71. The number of carbonyl (C=O) groups excluding carboxylic acids is 3. The molecule has 1 aliphatic heterocycles. The number of carbonyl (C=O) groups is 4. The van der Waals surface area contributed by atoms with Gasteiger partial charge in [-0.2, -0.15) is 0 Å². The van der Waals surface area contributed by atoms with Crippen molar-refractivity contribution in [1.82, 2.24) is 10.2 Å². The van der Waals surface area contributed by atoms with E-state index < -0.39 is 63.2 Å². The summed E-state index contributed by atoms with van der Waals surface area (Å²) in [5, 5.41) is 12.9. The van der Waals surface area contributed by atoms with E-state index in [9.17, 15) is 32.7 Å². The van der Waals surface area contributed by atoms with Crippen LogP contribution >= 0.6 is 0 Å². The maximum Gasteiger partial charge on any atom is 0.335 e. The van der Waals surface area contributed by atoms with Gasteiger partial charge in [-0.05, 0) is 63.1 Å². The Labute approximate surface area is 249 Å². The minimum atomic E-state index is -4.05. The van der Waals surface area contributed by atoms with E-state index >= 15 is 0 Å². The van der Waals surface area contributed by atoms with E-state index in [0.29, 0.717) is 5.56 Å². The van der Waals surface area contributed by atoms with Crippen molar-refractivity contribution in [3.8, 4) is 0 Å². The molecule has 0 bridgehead atoms. The molecule has 1 aliphatic rings. The molecule has 11 nitrogen and oxygen atoms in total. The lowest BCUT2D eigenvalue weighted by atomic mass is 10.0. The SMILES string of the molecule is CC(C)(C)OC(=O)C1CC(S(=O)(=O)c2ccccc2)C(c2ccccc2)N1C(=O)CNC(=O)Nc1cccc(C(=O)O)c1. The second-order valence-electron chi connectivity index (χ2n) is 11.0. The van der Waals surface area contributed by atoms with E-state index in [1.807, 2.05) is 0 Å². The van der Waals surface area contributed by atoms with Crippen molar-refractivity contribution in [3.63, 3.8) is 0 Å². The Morgan fingerprint density at radius 2 is 1.56 bits per heavy atom. The fourth-order valence-electron chi connectivity index (χ4n) is 5.00. The van der Waals surface area contributed by atoms with E-state index in [0.717, 1.165) is 0 Å². The van der Waals surface area contributed by atoms with Crippen LogP contribution in [0, 0.1) is 0 Å². The number of esters is 1. The number of rotatable bonds is 8. The molecule has 43 heavy (non-hydrogen) atoms. The summed E-state index contributed by atoms with van der Waals surface area (Å²) in [6.45, 7) is 4.43. The molecule has 1 heterocycles. The smallest absolute Gasteiger partial charge is 0.335 e. The van der Waals surface area contributed by atoms with Gasteiger partial charge in [-0.3, -0.25) is 4.79 Å². The van der Waals surface area contributed by atoms with Crippen molar-refractivity contribution in [2.75, 3.05) is 11.9 Å². The number of nitrogens with zero attached hydrogens (tertiary/aromatic N) is 1. The largest absolute Gasteiger partial charge is 0.478 e. The molecule has 0 radical (unpaired) electrons. The van der Waals surface area contributed by atoms with Gasteiger partial charge in [0.15, 0.2) is 9.84 Å². The van der Waals surface area contributed by atoms with Gasteiger partial charge in [0.2, 0.25) is 5.91 Å². The fourth-order valence-corrected chi connectivity index (χ4v) is 6.95. The van der Waals surface area contributed by atoms with Crippen LogP contribution in [0.2, 0.25) is 0 Å². The van der Waals surface area contributed by atoms with Crippen molar-refractivity contribution < 1.29 is 37.4 Å². The molecular weight excluding hydrogens is 574 g/mol. The summed E-state index contributed by atoms with van der Waals surface area (Å²) >= 11 is 0. The summed E-state index contributed by atoms with van der Waals surface area (Å²) in [5.41, 5.74) is -0.259. The van der Waals surface area contributed by atoms with Crippen LogP contribution in [0.5, 0.6) is 0 Å². The second kappa shape index (κ2) is 12.7. The van der Waals surface area contributed by atoms with Gasteiger partial charge in [-0.1, -0.05) is 54.6 Å². The van der Waals surface area contributed by atoms with Gasteiger partial charge >= 0.3 is 18.0 Å². The lowest BCUT2D eigenvalue weighted by Gasteiger charge is -2.32. The van der Waals surface area contributed by atoms with Crippen molar-refractivity contribution >= 4 is 39.4 Å². The number of carboxylic acid groups (broad SMARTS) is 1. The van der Waals surface area contributed by atoms with Gasteiger partial charge < -0.3 is 25.4 Å². The lowest BCUT2D eigenvalue weighted by molar-refractivity contribution is -0.164. The summed E-state index contributed by atoms with van der Waals surface area (Å²) in [7, 11) is -4.05. The molecule has 0 saturated carbocycles. The maximum absolute atomic E-state index is 14.0. The molecule has 1 saturated heterocycles. The van der Waals surface area contributed by atoms with Gasteiger partial charge in [0.05, 0.1) is 28.3 Å². The number of aromatic carboxylic acids is 1. The number of nitrogens with one attached hydrogen (secondary N) is 2. The first-order valence-electron chi connectivity index (χ1n) is 13.5. The van der Waals surface area contributed by atoms with Crippen LogP contribution in [0.3, 0.4) is 0 Å². The maximum atomic E-state index is 14.0. The first-order chi connectivity index (χ1) is 20.3. The minimum Gasteiger partial charge on any atom is -0.478 e. The predicted molar refractivity (Wildman–Crippen MR) is 158 cm³/mol. The Bertz CT molecular complexity index is 1600. The standard InChI is InChI=1S/C31H33N3O8S/c1-31(2,3)42-29(38)24-18-25(43(40,41)23-15-8-5-9-16-23)27(20-11-6-4-7-12-20)34(24)26(35)19-32-30(39)33-22-14-10-13-21(17-22)28(36)37/h4-17,24-25,27H,18-19H2,1-3H3,(H,36,37)(H2,32,33,39). The molecule has 3 amide bonds. The molecule has 0 aromatic heterocycles. The van der Waals surface area contributed by atoms with Gasteiger partial charge in [0.1, 0.15) is 11.6 Å². The number of hydrogen-bond acceptors (Lipinski definition) is 7. The Kier molecular flexibility index (Phi) is 9.19. The molecule has 4 rings (SSSR count). The highest BCUT2D eigenvalue weighted by molar-refractivity contribution is 7.92. The molecule has 3 aromatic carbocycles. The minimum absolute atomic E-state index is 0.0393. The van der Waals surface area contributed by atoms with Crippen molar-refractivity contribution in [1.29, 1.82) is 0 Å². The predicted octanol–water partition coefficient (Wildman–Crippen LogP) is 4.03. The van der Waals surface area contributed by atoms with Crippen molar-refractivity contribution in [2.45, 2.75) is 55.0 Å². The summed E-state index contributed by atoms with van der Waals surface area (Å²) < 4.78 is 33.6. The van der Waals surface area contributed by atoms with Crippen LogP contribution in [0.15, 0.2) is 89.8 Å². The molecular formula is C31H33N3O8S. The van der Waals surface area contributed by atoms with Gasteiger partial charge in [-0.25, -0.2) is 22.8 Å². The fraction of sp³-hybridized carbons (Fsp3) is 0.290. The van der Waals surface area contributed by atoms with E-state index in [2.05, 4.69) is 10.6 Å². The number of amides is 3. The molecule has 3 atom stereocenters. The van der Waals surface area contributed by atoms with E-state index in [1.165, 1.54) is 41.3 Å². The number of carboxylic acids is 1. The Morgan fingerprint density at radius 3 is 2.16 bits per heavy atom. The van der Waals surface area contributed by atoms with Crippen LogP contribution in [0.4, 0.5) is 10.5 Å². The number of ether oxygens (including phenoxy) is 1. The molecule has 0 spiro atoms. The highest BCUT2D eigenvalue weighted by atomic mass is 32.2. The second-order valence-corrected chi connectivity index (χ2v) is 13.2. The first kappa shape index (κ1) is 31.2. The van der Waals surface area contributed by atoms with Gasteiger partial charge in [-0.15, -0.1) is 0 Å². The molecule has 1 fully saturated rings. The highest BCUT2D eigenvalue weighted by Gasteiger charge is 2.53. The lowest BCUT2D eigenvalue weighted by Crippen LogP contribution is -2.49. The average molecular weight is 608 g/mol. The third kappa shape index (κ3) is 7.39. The van der Waals surface area contributed by atoms with Crippen LogP contribution in [-0.4, -0.2) is 65.7 Å². The number of sulfone groups is 1. The summed E-state index contributed by atoms with van der Waals surface area (Å²) in [6.07, 6.45) is -0.217. The number of urea groups is 1. The first-order valence-corrected chi connectivity index (χ1v) is 15.1. The third-order valence-electron chi connectivity index (χ3n) is 6.79. The van der Waals surface area contributed by atoms with Gasteiger partial charge in [0.25, 0.3) is 0 Å². The van der Waals surface area contributed by atoms with Crippen molar-refractivity contribution in [2.24, 2.45) is 0 Å². The van der Waals surface area contributed by atoms with Crippen LogP contribution in [0.25, 0.3) is 0 Å². The third-order valence-corrected chi connectivity index (χ3v) is 8.97. The molecule has 3 aromatic rings. The highest BCUT2D eigenvalue weighted by Crippen LogP contribution is 2.43. The van der Waals surface area contributed by atoms with Crippen LogP contribution in [-0.2, 0) is 24.2 Å². The normalized spacial score (nSPS) is 18.5. The quantitative estimate of drug-likeness (QED) is 0.324. The monoisotopic (exact) mass is 607 g/mol. The topological polar surface area (TPSA) is 159 Å². The number of benzene rings is 3. The van der Waals surface area contributed by atoms with E-state index in [-0.39, 0.29) is 22.6 Å². The summed E-state index contributed by atoms with van der Waals surface area (Å²) in [5.74, 6) is -2.64. The average Bonchev–Trinajstić information content (AvgIpc) is 3.38. The zero-order valence-corrected chi connectivity index (χ0v) is 24.7. The zero-order valence-electron chi connectivity index (χ0n) is 23.9. The van der Waals surface area contributed by atoms with Crippen LogP contribution in [0.1, 0.15) is 49.2 Å². The molecule has 226 valence electrons. The van der Waals surface area contributed by atoms with Crippen LogP contribution < -0.4 is 10.6 Å². The Morgan fingerprint density at radius 1 is 0.930 bits per heavy atom. The number of hydrogen-bond donors (Lipinski definition) is 3. The molecule has 12 heteroatoms. The molecule has 3 N–H and O–H groups in total. The van der Waals surface area contributed by atoms with Crippen molar-refractivity contribution in [3.05, 3.63) is 96.1 Å². The zero-order chi connectivity index (χ0) is 31.4. The molecule has 3 unspecified atom stereocenters. The summed E-state index contributed by atoms with van der Waals surface area (Å²) in [6, 6.07) is 18.8. The summed E-state index contributed by atoms with van der Waals surface area (Å²) in [4.78, 5) is 52.4. The van der Waals surface area contributed by atoms with E-state index in [1.54, 1.807) is 69.3 Å². The number of likely N-dealkylation sites (tertiary alicyclic amines) is 1. The number of anilines is 1. The van der Waals surface area contributed by atoms with Gasteiger partial charge in [0, 0.05) is 5.69 Å². The molecule has 0 aliphatic carbocycles. The van der Waals surface area contributed by atoms with E-state index in [4.69, 9.17) is 4.74 Å². The Balaban J connectivity index is 1.67.